The van der Waals surface area contributed by atoms with Crippen LogP contribution in [0.3, 0.4) is 0 Å². The smallest absolute Gasteiger partial charge is 0.317 e. The molecule has 0 aromatic carbocycles. The third-order valence-corrected chi connectivity index (χ3v) is 2.53. The molecule has 1 atom stereocenters. The Morgan fingerprint density at radius 2 is 2.43 bits per heavy atom. The van der Waals surface area contributed by atoms with Crippen LogP contribution in [0.15, 0.2) is 0 Å². The number of rotatable bonds is 3. The van der Waals surface area contributed by atoms with Gasteiger partial charge in [-0.3, -0.25) is 4.39 Å². The Bertz CT molecular complexity index is 187. The first-order valence-electron chi connectivity index (χ1n) is 5.32. The zero-order valence-corrected chi connectivity index (χ0v) is 8.76. The number of alkyl halides is 1. The normalized spacial score (nSPS) is 22.1. The van der Waals surface area contributed by atoms with Crippen molar-refractivity contribution in [1.29, 1.82) is 0 Å². The molecule has 0 saturated carbocycles. The summed E-state index contributed by atoms with van der Waals surface area (Å²) < 4.78 is 11.8. The van der Waals surface area contributed by atoms with Crippen molar-refractivity contribution in [2.24, 2.45) is 5.92 Å². The summed E-state index contributed by atoms with van der Waals surface area (Å²) in [5.41, 5.74) is 0. The Labute approximate surface area is 84.7 Å². The second-order valence-electron chi connectivity index (χ2n) is 3.97. The lowest BCUT2D eigenvalue weighted by Crippen LogP contribution is -2.45. The minimum Gasteiger partial charge on any atom is -0.338 e. The average Bonchev–Trinajstić information content (AvgIpc) is 2.18. The number of piperidine rings is 1. The maximum Gasteiger partial charge on any atom is 0.317 e. The molecule has 0 aliphatic carbocycles. The van der Waals surface area contributed by atoms with E-state index in [0.717, 1.165) is 19.5 Å². The third kappa shape index (κ3) is 3.52. The van der Waals surface area contributed by atoms with E-state index < -0.39 is 0 Å². The fourth-order valence-electron chi connectivity index (χ4n) is 1.75. The molecule has 1 rings (SSSR count). The number of amides is 2. The lowest BCUT2D eigenvalue weighted by molar-refractivity contribution is 0.169. The van der Waals surface area contributed by atoms with Gasteiger partial charge in [0.15, 0.2) is 0 Å². The molecule has 82 valence electrons. The van der Waals surface area contributed by atoms with E-state index in [4.69, 9.17) is 0 Å². The van der Waals surface area contributed by atoms with Gasteiger partial charge in [0.2, 0.25) is 0 Å². The molecular formula is C10H19FN2O. The Morgan fingerprint density at radius 3 is 3.07 bits per heavy atom. The number of urea groups is 1. The van der Waals surface area contributed by atoms with Gasteiger partial charge in [0.1, 0.15) is 0 Å². The number of nitrogens with one attached hydrogen (secondary N) is 1. The number of carbonyl (C=O) groups excluding carboxylic acids is 1. The molecule has 14 heavy (non-hydrogen) atoms. The maximum atomic E-state index is 11.8. The molecule has 0 aromatic rings. The van der Waals surface area contributed by atoms with E-state index in [1.807, 2.05) is 4.90 Å². The first-order valence-corrected chi connectivity index (χ1v) is 5.32. The summed E-state index contributed by atoms with van der Waals surface area (Å²) in [6.45, 7) is 3.91. The fraction of sp³-hybridized carbons (Fsp3) is 0.900. The molecule has 0 radical (unpaired) electrons. The monoisotopic (exact) mass is 202 g/mol. The van der Waals surface area contributed by atoms with E-state index >= 15 is 0 Å². The molecule has 2 amide bonds. The van der Waals surface area contributed by atoms with Crippen LogP contribution in [0.1, 0.15) is 26.2 Å². The van der Waals surface area contributed by atoms with Crippen LogP contribution in [0.2, 0.25) is 0 Å². The van der Waals surface area contributed by atoms with Crippen molar-refractivity contribution in [3.63, 3.8) is 0 Å². The first kappa shape index (κ1) is 11.3. The molecule has 1 fully saturated rings. The zero-order valence-electron chi connectivity index (χ0n) is 8.76. The highest BCUT2D eigenvalue weighted by Gasteiger charge is 2.19. The predicted octanol–water partition coefficient (Wildman–Crippen LogP) is 1.79. The van der Waals surface area contributed by atoms with E-state index in [-0.39, 0.29) is 12.7 Å². The standard InChI is InChI=1S/C10H19FN2O/c1-9-4-2-7-13(8-9)10(14)12-6-3-5-11/h9H,2-8H2,1H3,(H,12,14)/t9-/m1/s1. The lowest BCUT2D eigenvalue weighted by Gasteiger charge is -2.30. The van der Waals surface area contributed by atoms with E-state index in [0.29, 0.717) is 18.9 Å². The summed E-state index contributed by atoms with van der Waals surface area (Å²) in [6, 6.07) is -0.0370. The first-order chi connectivity index (χ1) is 6.74. The molecular weight excluding hydrogens is 183 g/mol. The molecule has 1 saturated heterocycles. The van der Waals surface area contributed by atoms with Crippen molar-refractivity contribution in [2.45, 2.75) is 26.2 Å². The highest BCUT2D eigenvalue weighted by atomic mass is 19.1. The molecule has 3 nitrogen and oxygen atoms in total. The van der Waals surface area contributed by atoms with Crippen LogP contribution in [0.5, 0.6) is 0 Å². The molecule has 0 aromatic heterocycles. The Hall–Kier alpha value is -0.800. The predicted molar refractivity (Wildman–Crippen MR) is 54.0 cm³/mol. The number of hydrogen-bond donors (Lipinski definition) is 1. The van der Waals surface area contributed by atoms with Gasteiger partial charge in [-0.25, -0.2) is 4.79 Å². The van der Waals surface area contributed by atoms with Gasteiger partial charge in [-0.15, -0.1) is 0 Å². The Morgan fingerprint density at radius 1 is 1.64 bits per heavy atom. The summed E-state index contributed by atoms with van der Waals surface area (Å²) in [4.78, 5) is 13.3. The highest BCUT2D eigenvalue weighted by Crippen LogP contribution is 2.14. The van der Waals surface area contributed by atoms with Crippen LogP contribution < -0.4 is 5.32 Å². The van der Waals surface area contributed by atoms with Gasteiger partial charge >= 0.3 is 6.03 Å². The SMILES string of the molecule is C[C@@H]1CCCN(C(=O)NCCCF)C1. The molecule has 1 heterocycles. The van der Waals surface area contributed by atoms with Crippen LogP contribution in [0, 0.1) is 5.92 Å². The molecule has 1 aliphatic heterocycles. The van der Waals surface area contributed by atoms with Gasteiger partial charge < -0.3 is 10.2 Å². The van der Waals surface area contributed by atoms with Crippen molar-refractivity contribution in [3.05, 3.63) is 0 Å². The van der Waals surface area contributed by atoms with Crippen LogP contribution in [0.4, 0.5) is 9.18 Å². The Kier molecular flexibility index (Phi) is 4.70. The number of nitrogens with zero attached hydrogens (tertiary/aromatic N) is 1. The molecule has 4 heteroatoms. The largest absolute Gasteiger partial charge is 0.338 e. The van der Waals surface area contributed by atoms with Crippen LogP contribution in [-0.4, -0.2) is 37.2 Å². The quantitative estimate of drug-likeness (QED) is 0.695. The number of hydrogen-bond acceptors (Lipinski definition) is 1. The van der Waals surface area contributed by atoms with Gasteiger partial charge in [-0.05, 0) is 25.2 Å². The van der Waals surface area contributed by atoms with Crippen molar-refractivity contribution in [1.82, 2.24) is 10.2 Å². The van der Waals surface area contributed by atoms with Gasteiger partial charge in [-0.1, -0.05) is 6.92 Å². The van der Waals surface area contributed by atoms with Gasteiger partial charge in [0.25, 0.3) is 0 Å². The summed E-state index contributed by atoms with van der Waals surface area (Å²) >= 11 is 0. The fourth-order valence-corrected chi connectivity index (χ4v) is 1.75. The van der Waals surface area contributed by atoms with E-state index in [1.165, 1.54) is 6.42 Å². The summed E-state index contributed by atoms with van der Waals surface area (Å²) in [5.74, 6) is 0.593. The minimum atomic E-state index is -0.364. The summed E-state index contributed by atoms with van der Waals surface area (Å²) in [6.07, 6.45) is 2.70. The van der Waals surface area contributed by atoms with E-state index in [9.17, 15) is 9.18 Å². The second kappa shape index (κ2) is 5.83. The molecule has 1 N–H and O–H groups in total. The highest BCUT2D eigenvalue weighted by molar-refractivity contribution is 5.74. The van der Waals surface area contributed by atoms with Crippen LogP contribution in [0.25, 0.3) is 0 Å². The maximum absolute atomic E-state index is 11.8. The van der Waals surface area contributed by atoms with Gasteiger partial charge in [-0.2, -0.15) is 0 Å². The van der Waals surface area contributed by atoms with E-state index in [2.05, 4.69) is 12.2 Å². The Balaban J connectivity index is 2.22. The number of halogens is 1. The molecule has 1 aliphatic rings. The minimum absolute atomic E-state index is 0.0370. The number of carbonyl (C=O) groups is 1. The van der Waals surface area contributed by atoms with Gasteiger partial charge in [0, 0.05) is 19.6 Å². The average molecular weight is 202 g/mol. The van der Waals surface area contributed by atoms with Gasteiger partial charge in [0.05, 0.1) is 6.67 Å². The third-order valence-electron chi connectivity index (χ3n) is 2.53. The molecule has 0 unspecified atom stereocenters. The summed E-state index contributed by atoms with van der Waals surface area (Å²) in [5, 5.41) is 2.72. The zero-order chi connectivity index (χ0) is 10.4. The van der Waals surface area contributed by atoms with Crippen molar-refractivity contribution in [3.8, 4) is 0 Å². The summed E-state index contributed by atoms with van der Waals surface area (Å²) in [7, 11) is 0. The second-order valence-corrected chi connectivity index (χ2v) is 3.97. The lowest BCUT2D eigenvalue weighted by atomic mass is 10.0. The van der Waals surface area contributed by atoms with E-state index in [1.54, 1.807) is 0 Å². The van der Waals surface area contributed by atoms with Crippen LogP contribution >= 0.6 is 0 Å². The topological polar surface area (TPSA) is 32.3 Å². The molecule has 0 bridgehead atoms. The van der Waals surface area contributed by atoms with Crippen molar-refractivity contribution >= 4 is 6.03 Å². The van der Waals surface area contributed by atoms with Crippen LogP contribution in [-0.2, 0) is 0 Å². The van der Waals surface area contributed by atoms with Crippen molar-refractivity contribution in [2.75, 3.05) is 26.3 Å². The number of likely N-dealkylation sites (tertiary alicyclic amines) is 1. The molecule has 0 spiro atoms. The van der Waals surface area contributed by atoms with Crippen molar-refractivity contribution < 1.29 is 9.18 Å².